The Morgan fingerprint density at radius 2 is 0.887 bits per heavy atom. The highest BCUT2D eigenvalue weighted by atomic mass is 16.5. The number of para-hydroxylation sites is 2. The Morgan fingerprint density at radius 1 is 0.387 bits per heavy atom. The van der Waals surface area contributed by atoms with Gasteiger partial charge in [-0.05, 0) is 51.1 Å². The summed E-state index contributed by atoms with van der Waals surface area (Å²) in [6, 6.07) is 73.4. The Kier molecular flexibility index (Phi) is 8.53. The smallest absolute Gasteiger partial charge is 0.160 e. The lowest BCUT2D eigenvalue weighted by Crippen LogP contribution is -2.37. The lowest BCUT2D eigenvalue weighted by molar-refractivity contribution is 0.375. The third-order valence-electron chi connectivity index (χ3n) is 13.1. The molecule has 1 aromatic heterocycles. The molecule has 3 nitrogen and oxygen atoms in total. The Hall–Kier alpha value is -7.88. The van der Waals surface area contributed by atoms with Gasteiger partial charge < -0.3 is 4.74 Å². The highest BCUT2D eigenvalue weighted by molar-refractivity contribution is 5.81. The van der Waals surface area contributed by atoms with Crippen LogP contribution >= 0.6 is 0 Å². The summed E-state index contributed by atoms with van der Waals surface area (Å²) in [5.41, 5.74) is 16.4. The second-order valence-electron chi connectivity index (χ2n) is 16.4. The van der Waals surface area contributed by atoms with E-state index in [9.17, 15) is 0 Å². The molecule has 3 aliphatic rings. The fourth-order valence-electron chi connectivity index (χ4n) is 10.2. The van der Waals surface area contributed by atoms with Crippen LogP contribution in [-0.4, -0.2) is 9.97 Å². The van der Waals surface area contributed by atoms with Crippen LogP contribution in [-0.2, 0) is 5.41 Å². The summed E-state index contributed by atoms with van der Waals surface area (Å²) < 4.78 is 7.00. The van der Waals surface area contributed by atoms with Crippen molar-refractivity contribution in [1.82, 2.24) is 9.97 Å². The minimum Gasteiger partial charge on any atom is -0.456 e. The van der Waals surface area contributed by atoms with E-state index in [1.165, 1.54) is 44.5 Å². The van der Waals surface area contributed by atoms with E-state index in [0.29, 0.717) is 5.82 Å². The molecule has 292 valence electrons. The fraction of sp³-hybridized carbons (Fsp3) is 0.0508. The first kappa shape index (κ1) is 36.0. The zero-order valence-corrected chi connectivity index (χ0v) is 33.9. The number of fused-ring (bicyclic) bond motifs is 9. The summed E-state index contributed by atoms with van der Waals surface area (Å²) in [7, 11) is 0. The van der Waals surface area contributed by atoms with Crippen LogP contribution < -0.4 is 4.74 Å². The van der Waals surface area contributed by atoms with Crippen LogP contribution in [0, 0.1) is 5.92 Å². The van der Waals surface area contributed by atoms with Crippen molar-refractivity contribution in [1.29, 1.82) is 0 Å². The van der Waals surface area contributed by atoms with Gasteiger partial charge in [0.25, 0.3) is 0 Å². The van der Waals surface area contributed by atoms with Gasteiger partial charge in [-0.1, -0.05) is 218 Å². The molecular weight excluding hydrogens is 753 g/mol. The summed E-state index contributed by atoms with van der Waals surface area (Å²) >= 11 is 0. The van der Waals surface area contributed by atoms with Crippen molar-refractivity contribution in [2.45, 2.75) is 11.3 Å². The van der Waals surface area contributed by atoms with E-state index in [0.717, 1.165) is 50.7 Å². The van der Waals surface area contributed by atoms with Crippen LogP contribution in [0.15, 0.2) is 231 Å². The highest BCUT2D eigenvalue weighted by Crippen LogP contribution is 2.65. The van der Waals surface area contributed by atoms with Gasteiger partial charge in [0, 0.05) is 45.2 Å². The molecular formula is C59H40N2O. The molecule has 3 unspecified atom stereocenters. The SMILES string of the molecule is C1=CC2c3ccccc3C3(c4ccccc4Oc4c(-c5ccc(-c6nc(-c7ccc(-c8ccccc8)cc7)cc(-c7ccc(-c8ccccc8)cc7)n6)cc5)cccc43)C2C=C1. The molecule has 1 aliphatic heterocycles. The van der Waals surface area contributed by atoms with Crippen LogP contribution in [0.4, 0.5) is 0 Å². The molecule has 2 aliphatic carbocycles. The maximum Gasteiger partial charge on any atom is 0.160 e. The number of allylic oxidation sites excluding steroid dienone is 4. The highest BCUT2D eigenvalue weighted by Gasteiger charge is 2.56. The van der Waals surface area contributed by atoms with Crippen LogP contribution in [0.5, 0.6) is 11.5 Å². The first-order valence-electron chi connectivity index (χ1n) is 21.4. The molecule has 3 atom stereocenters. The van der Waals surface area contributed by atoms with Gasteiger partial charge in [-0.3, -0.25) is 0 Å². The Labute approximate surface area is 362 Å². The van der Waals surface area contributed by atoms with E-state index in [1.54, 1.807) is 0 Å². The Bertz CT molecular complexity index is 3090. The first-order valence-corrected chi connectivity index (χ1v) is 21.4. The molecule has 0 N–H and O–H groups in total. The Balaban J connectivity index is 0.955. The molecule has 9 aromatic rings. The second-order valence-corrected chi connectivity index (χ2v) is 16.4. The van der Waals surface area contributed by atoms with Crippen LogP contribution in [0.25, 0.3) is 67.3 Å². The maximum absolute atomic E-state index is 7.00. The predicted octanol–water partition coefficient (Wildman–Crippen LogP) is 14.8. The maximum atomic E-state index is 7.00. The monoisotopic (exact) mass is 792 g/mol. The molecule has 2 heterocycles. The van der Waals surface area contributed by atoms with Crippen LogP contribution in [0.1, 0.15) is 28.2 Å². The lowest BCUT2D eigenvalue weighted by Gasteiger charge is -2.43. The number of aromatic nitrogens is 2. The van der Waals surface area contributed by atoms with E-state index >= 15 is 0 Å². The molecule has 3 heteroatoms. The minimum atomic E-state index is -0.397. The van der Waals surface area contributed by atoms with E-state index in [-0.39, 0.29) is 11.8 Å². The van der Waals surface area contributed by atoms with Crippen molar-refractivity contribution >= 4 is 0 Å². The van der Waals surface area contributed by atoms with Gasteiger partial charge in [0.15, 0.2) is 5.82 Å². The van der Waals surface area contributed by atoms with Gasteiger partial charge >= 0.3 is 0 Å². The molecule has 0 radical (unpaired) electrons. The quantitative estimate of drug-likeness (QED) is 0.168. The van der Waals surface area contributed by atoms with Gasteiger partial charge in [-0.25, -0.2) is 9.97 Å². The standard InChI is InChI=1S/C59H40N2O/c1-3-14-39(15-4-1)41-26-32-44(33-27-41)54-38-55(45-34-28-42(29-35-45)40-16-5-2-6-17-40)61-58(60-54)46-36-30-43(31-37-46)47-20-13-24-53-57(47)62-56-25-12-11-23-52(56)59(53)50-21-9-7-18-48(50)49-19-8-10-22-51(49)59/h1-38,48,50H. The molecule has 0 amide bonds. The van der Waals surface area contributed by atoms with Gasteiger partial charge in [-0.15, -0.1) is 0 Å². The third-order valence-corrected chi connectivity index (χ3v) is 13.1. The molecule has 0 saturated carbocycles. The summed E-state index contributed by atoms with van der Waals surface area (Å²) in [6.07, 6.45) is 9.21. The number of hydrogen-bond donors (Lipinski definition) is 0. The molecule has 12 rings (SSSR count). The van der Waals surface area contributed by atoms with Crippen molar-refractivity contribution in [3.63, 3.8) is 0 Å². The number of hydrogen-bond acceptors (Lipinski definition) is 3. The minimum absolute atomic E-state index is 0.217. The zero-order valence-electron chi connectivity index (χ0n) is 33.9. The molecule has 8 aromatic carbocycles. The van der Waals surface area contributed by atoms with Gasteiger partial charge in [0.1, 0.15) is 11.5 Å². The summed E-state index contributed by atoms with van der Waals surface area (Å²) in [5, 5.41) is 0. The molecule has 1 spiro atoms. The van der Waals surface area contributed by atoms with Gasteiger partial charge in [0.2, 0.25) is 0 Å². The summed E-state index contributed by atoms with van der Waals surface area (Å²) in [6.45, 7) is 0. The average Bonchev–Trinajstić information content (AvgIpc) is 3.65. The van der Waals surface area contributed by atoms with E-state index in [2.05, 4.69) is 218 Å². The second kappa shape index (κ2) is 14.7. The van der Waals surface area contributed by atoms with Crippen molar-refractivity contribution in [3.05, 3.63) is 253 Å². The molecule has 62 heavy (non-hydrogen) atoms. The predicted molar refractivity (Wildman–Crippen MR) is 252 cm³/mol. The van der Waals surface area contributed by atoms with Crippen molar-refractivity contribution in [2.75, 3.05) is 0 Å². The van der Waals surface area contributed by atoms with Crippen molar-refractivity contribution in [2.24, 2.45) is 5.92 Å². The average molecular weight is 793 g/mol. The van der Waals surface area contributed by atoms with E-state index < -0.39 is 5.41 Å². The molecule has 0 saturated heterocycles. The van der Waals surface area contributed by atoms with E-state index in [1.807, 2.05) is 12.1 Å². The number of rotatable bonds is 6. The van der Waals surface area contributed by atoms with E-state index in [4.69, 9.17) is 14.7 Å². The fourth-order valence-corrected chi connectivity index (χ4v) is 10.2. The van der Waals surface area contributed by atoms with Crippen LogP contribution in [0.2, 0.25) is 0 Å². The zero-order chi connectivity index (χ0) is 41.0. The number of ether oxygens (including phenoxy) is 1. The molecule has 0 fully saturated rings. The van der Waals surface area contributed by atoms with Crippen molar-refractivity contribution in [3.8, 4) is 78.8 Å². The number of benzene rings is 8. The summed E-state index contributed by atoms with van der Waals surface area (Å²) in [5.74, 6) is 2.99. The molecule has 0 bridgehead atoms. The number of nitrogens with zero attached hydrogens (tertiary/aromatic N) is 2. The summed E-state index contributed by atoms with van der Waals surface area (Å²) in [4.78, 5) is 10.4. The first-order chi connectivity index (χ1) is 30.7. The van der Waals surface area contributed by atoms with Gasteiger partial charge in [-0.2, -0.15) is 0 Å². The van der Waals surface area contributed by atoms with Crippen molar-refractivity contribution < 1.29 is 4.74 Å². The third kappa shape index (κ3) is 5.81. The largest absolute Gasteiger partial charge is 0.456 e. The topological polar surface area (TPSA) is 35.0 Å². The Morgan fingerprint density at radius 3 is 1.55 bits per heavy atom. The van der Waals surface area contributed by atoms with Gasteiger partial charge in [0.05, 0.1) is 16.8 Å². The lowest BCUT2D eigenvalue weighted by atomic mass is 9.61. The van der Waals surface area contributed by atoms with Crippen LogP contribution in [0.3, 0.4) is 0 Å². The normalized spacial score (nSPS) is 17.7.